The highest BCUT2D eigenvalue weighted by Gasteiger charge is 2.17. The molecular formula is C14H19NO2S. The van der Waals surface area contributed by atoms with Crippen LogP contribution < -0.4 is 4.90 Å². The van der Waals surface area contributed by atoms with Crippen molar-refractivity contribution in [2.75, 3.05) is 29.5 Å². The summed E-state index contributed by atoms with van der Waals surface area (Å²) >= 11 is 1.95. The molecule has 4 heteroatoms. The minimum Gasteiger partial charge on any atom is -0.478 e. The molecule has 0 fully saturated rings. The van der Waals surface area contributed by atoms with E-state index < -0.39 is 5.97 Å². The van der Waals surface area contributed by atoms with Gasteiger partial charge in [0.2, 0.25) is 0 Å². The Morgan fingerprint density at radius 3 is 3.06 bits per heavy atom. The van der Waals surface area contributed by atoms with E-state index in [1.165, 1.54) is 11.3 Å². The Hall–Kier alpha value is -1.16. The van der Waals surface area contributed by atoms with Crippen molar-refractivity contribution in [3.63, 3.8) is 0 Å². The topological polar surface area (TPSA) is 40.5 Å². The molecule has 1 N–H and O–H groups in total. The molecule has 1 aliphatic rings. The standard InChI is InChI=1S/C14H19NO2S/c1-2-18-9-8-15-7-3-4-11-10-12(14(16)17)5-6-13(11)15/h5-6,10H,2-4,7-9H2,1H3,(H,16,17). The van der Waals surface area contributed by atoms with Crippen LogP contribution in [0.2, 0.25) is 0 Å². The molecule has 0 saturated heterocycles. The molecule has 0 bridgehead atoms. The fraction of sp³-hybridized carbons (Fsp3) is 0.500. The van der Waals surface area contributed by atoms with Gasteiger partial charge in [-0.05, 0) is 42.4 Å². The van der Waals surface area contributed by atoms with Gasteiger partial charge in [-0.3, -0.25) is 0 Å². The largest absolute Gasteiger partial charge is 0.478 e. The third-order valence-corrected chi connectivity index (χ3v) is 4.13. The summed E-state index contributed by atoms with van der Waals surface area (Å²) in [5.41, 5.74) is 2.81. The van der Waals surface area contributed by atoms with Crippen molar-refractivity contribution in [1.29, 1.82) is 0 Å². The number of anilines is 1. The Kier molecular flexibility index (Phi) is 4.53. The van der Waals surface area contributed by atoms with E-state index in [0.717, 1.165) is 37.4 Å². The van der Waals surface area contributed by atoms with Crippen LogP contribution in [0.1, 0.15) is 29.3 Å². The summed E-state index contributed by atoms with van der Waals surface area (Å²) in [5, 5.41) is 9.01. The molecule has 1 aliphatic heterocycles. The van der Waals surface area contributed by atoms with Crippen molar-refractivity contribution in [3.8, 4) is 0 Å². The van der Waals surface area contributed by atoms with Gasteiger partial charge in [-0.15, -0.1) is 0 Å². The molecule has 3 nitrogen and oxygen atoms in total. The first-order chi connectivity index (χ1) is 8.72. The highest BCUT2D eigenvalue weighted by molar-refractivity contribution is 7.99. The van der Waals surface area contributed by atoms with E-state index in [2.05, 4.69) is 11.8 Å². The molecule has 1 aromatic carbocycles. The fourth-order valence-corrected chi connectivity index (χ4v) is 3.00. The van der Waals surface area contributed by atoms with Gasteiger partial charge in [-0.25, -0.2) is 4.79 Å². The van der Waals surface area contributed by atoms with E-state index in [4.69, 9.17) is 5.11 Å². The van der Waals surface area contributed by atoms with Crippen molar-refractivity contribution in [3.05, 3.63) is 29.3 Å². The first-order valence-corrected chi connectivity index (χ1v) is 7.56. The number of benzene rings is 1. The number of aryl methyl sites for hydroxylation is 1. The van der Waals surface area contributed by atoms with Crippen LogP contribution in [0.4, 0.5) is 5.69 Å². The van der Waals surface area contributed by atoms with Crippen LogP contribution in [-0.2, 0) is 6.42 Å². The van der Waals surface area contributed by atoms with Gasteiger partial charge in [-0.2, -0.15) is 11.8 Å². The van der Waals surface area contributed by atoms with E-state index >= 15 is 0 Å². The number of nitrogens with zero attached hydrogens (tertiary/aromatic N) is 1. The van der Waals surface area contributed by atoms with Gasteiger partial charge in [0.15, 0.2) is 0 Å². The summed E-state index contributed by atoms with van der Waals surface area (Å²) in [7, 11) is 0. The molecule has 0 aliphatic carbocycles. The molecule has 1 heterocycles. The van der Waals surface area contributed by atoms with Crippen molar-refractivity contribution in [1.82, 2.24) is 0 Å². The molecule has 0 unspecified atom stereocenters. The number of carboxylic acid groups (broad SMARTS) is 1. The van der Waals surface area contributed by atoms with E-state index in [1.807, 2.05) is 23.9 Å². The lowest BCUT2D eigenvalue weighted by molar-refractivity contribution is 0.0697. The van der Waals surface area contributed by atoms with E-state index in [-0.39, 0.29) is 0 Å². The van der Waals surface area contributed by atoms with Gasteiger partial charge in [0.1, 0.15) is 0 Å². The van der Waals surface area contributed by atoms with Crippen molar-refractivity contribution in [2.45, 2.75) is 19.8 Å². The Bertz CT molecular complexity index is 434. The lowest BCUT2D eigenvalue weighted by Crippen LogP contribution is -2.31. The maximum atomic E-state index is 11.0. The van der Waals surface area contributed by atoms with Gasteiger partial charge in [0.25, 0.3) is 0 Å². The zero-order valence-electron chi connectivity index (χ0n) is 10.7. The molecule has 0 amide bonds. The first kappa shape index (κ1) is 13.3. The molecule has 1 aromatic rings. The third kappa shape index (κ3) is 2.99. The monoisotopic (exact) mass is 265 g/mol. The van der Waals surface area contributed by atoms with Crippen molar-refractivity contribution >= 4 is 23.4 Å². The minimum absolute atomic E-state index is 0.401. The number of thioether (sulfide) groups is 1. The van der Waals surface area contributed by atoms with E-state index in [9.17, 15) is 4.79 Å². The van der Waals surface area contributed by atoms with Crippen molar-refractivity contribution < 1.29 is 9.90 Å². The number of carbonyl (C=O) groups is 1. The van der Waals surface area contributed by atoms with Gasteiger partial charge < -0.3 is 10.0 Å². The third-order valence-electron chi connectivity index (χ3n) is 3.25. The molecule has 0 aromatic heterocycles. The summed E-state index contributed by atoms with van der Waals surface area (Å²) in [6, 6.07) is 5.51. The number of hydrogen-bond acceptors (Lipinski definition) is 3. The van der Waals surface area contributed by atoms with Crippen LogP contribution in [-0.4, -0.2) is 35.7 Å². The van der Waals surface area contributed by atoms with E-state index in [0.29, 0.717) is 5.56 Å². The average Bonchev–Trinajstić information content (AvgIpc) is 2.38. The summed E-state index contributed by atoms with van der Waals surface area (Å²) in [6.45, 7) is 4.32. The second kappa shape index (κ2) is 6.14. The lowest BCUT2D eigenvalue weighted by atomic mass is 9.99. The average molecular weight is 265 g/mol. The van der Waals surface area contributed by atoms with Crippen LogP contribution >= 0.6 is 11.8 Å². The second-order valence-corrected chi connectivity index (χ2v) is 5.83. The molecule has 98 valence electrons. The number of rotatable bonds is 5. The van der Waals surface area contributed by atoms with Crippen LogP contribution in [0, 0.1) is 0 Å². The smallest absolute Gasteiger partial charge is 0.335 e. The van der Waals surface area contributed by atoms with Crippen LogP contribution in [0.3, 0.4) is 0 Å². The number of carboxylic acids is 1. The van der Waals surface area contributed by atoms with Gasteiger partial charge in [0, 0.05) is 24.5 Å². The molecule has 18 heavy (non-hydrogen) atoms. The normalized spacial score (nSPS) is 14.4. The summed E-state index contributed by atoms with van der Waals surface area (Å²) in [6.07, 6.45) is 2.11. The SMILES string of the molecule is CCSCCN1CCCc2cc(C(=O)O)ccc21. The molecule has 0 atom stereocenters. The zero-order chi connectivity index (χ0) is 13.0. The number of fused-ring (bicyclic) bond motifs is 1. The zero-order valence-corrected chi connectivity index (χ0v) is 11.5. The van der Waals surface area contributed by atoms with Crippen molar-refractivity contribution in [2.24, 2.45) is 0 Å². The number of aromatic carboxylic acids is 1. The summed E-state index contributed by atoms with van der Waals surface area (Å²) in [5.74, 6) is 1.45. The Balaban J connectivity index is 2.14. The maximum absolute atomic E-state index is 11.0. The Morgan fingerprint density at radius 2 is 2.33 bits per heavy atom. The molecular weight excluding hydrogens is 246 g/mol. The molecule has 0 radical (unpaired) electrons. The Labute approximate surface area is 112 Å². The first-order valence-electron chi connectivity index (χ1n) is 6.41. The van der Waals surface area contributed by atoms with Crippen LogP contribution in [0.15, 0.2) is 18.2 Å². The predicted molar refractivity (Wildman–Crippen MR) is 76.9 cm³/mol. The second-order valence-electron chi connectivity index (χ2n) is 4.44. The van der Waals surface area contributed by atoms with Crippen LogP contribution in [0.25, 0.3) is 0 Å². The summed E-state index contributed by atoms with van der Waals surface area (Å²) in [4.78, 5) is 13.3. The highest BCUT2D eigenvalue weighted by atomic mass is 32.2. The van der Waals surface area contributed by atoms with Crippen LogP contribution in [0.5, 0.6) is 0 Å². The fourth-order valence-electron chi connectivity index (χ4n) is 2.36. The summed E-state index contributed by atoms with van der Waals surface area (Å²) < 4.78 is 0. The van der Waals surface area contributed by atoms with Gasteiger partial charge >= 0.3 is 5.97 Å². The van der Waals surface area contributed by atoms with Gasteiger partial charge in [0.05, 0.1) is 5.56 Å². The number of hydrogen-bond donors (Lipinski definition) is 1. The molecule has 2 rings (SSSR count). The molecule has 0 saturated carbocycles. The van der Waals surface area contributed by atoms with Gasteiger partial charge in [-0.1, -0.05) is 6.92 Å². The quantitative estimate of drug-likeness (QED) is 0.831. The molecule has 0 spiro atoms. The Morgan fingerprint density at radius 1 is 1.50 bits per heavy atom. The van der Waals surface area contributed by atoms with E-state index in [1.54, 1.807) is 6.07 Å². The predicted octanol–water partition coefficient (Wildman–Crippen LogP) is 2.89. The minimum atomic E-state index is -0.837. The maximum Gasteiger partial charge on any atom is 0.335 e. The highest BCUT2D eigenvalue weighted by Crippen LogP contribution is 2.28. The lowest BCUT2D eigenvalue weighted by Gasteiger charge is -2.31.